The second-order valence-electron chi connectivity index (χ2n) is 6.93. The molecule has 0 saturated carbocycles. The molecule has 1 atom stereocenters. The van der Waals surface area contributed by atoms with Gasteiger partial charge in [-0.2, -0.15) is 0 Å². The fourth-order valence-corrected chi connectivity index (χ4v) is 3.73. The molecule has 1 aromatic rings. The number of piperidine rings is 1. The van der Waals surface area contributed by atoms with Crippen LogP contribution in [0.3, 0.4) is 0 Å². The van der Waals surface area contributed by atoms with Crippen molar-refractivity contribution in [3.05, 3.63) is 24.3 Å². The third-order valence-electron chi connectivity index (χ3n) is 5.21. The van der Waals surface area contributed by atoms with E-state index < -0.39 is 0 Å². The van der Waals surface area contributed by atoms with E-state index in [4.69, 9.17) is 4.74 Å². The number of nitrogens with one attached hydrogen (secondary N) is 2. The Hall–Kier alpha value is -1.75. The predicted molar refractivity (Wildman–Crippen MR) is 96.6 cm³/mol. The van der Waals surface area contributed by atoms with E-state index in [1.807, 2.05) is 12.1 Å². The van der Waals surface area contributed by atoms with E-state index in [-0.39, 0.29) is 11.9 Å². The highest BCUT2D eigenvalue weighted by atomic mass is 16.5. The molecule has 0 radical (unpaired) electrons. The Bertz CT molecular complexity index is 543. The first-order chi connectivity index (χ1) is 11.7. The lowest BCUT2D eigenvalue weighted by atomic mass is 9.93. The Morgan fingerprint density at radius 2 is 2.17 bits per heavy atom. The molecule has 1 amide bonds. The Kier molecular flexibility index (Phi) is 5.96. The van der Waals surface area contributed by atoms with Crippen molar-refractivity contribution in [2.45, 2.75) is 38.1 Å². The van der Waals surface area contributed by atoms with Crippen LogP contribution in [-0.4, -0.2) is 45.2 Å². The number of hydrogen-bond donors (Lipinski definition) is 2. The molecule has 0 aromatic heterocycles. The molecule has 1 aromatic carbocycles. The highest BCUT2D eigenvalue weighted by molar-refractivity contribution is 5.76. The third kappa shape index (κ3) is 4.63. The fourth-order valence-electron chi connectivity index (χ4n) is 3.73. The highest BCUT2D eigenvalue weighted by Gasteiger charge is 2.24. The Morgan fingerprint density at radius 3 is 2.96 bits per heavy atom. The van der Waals surface area contributed by atoms with Crippen LogP contribution < -0.4 is 20.3 Å². The number of carbonyl (C=O) groups excluding carboxylic acids is 1. The maximum absolute atomic E-state index is 12.2. The van der Waals surface area contributed by atoms with E-state index >= 15 is 0 Å². The Labute approximate surface area is 144 Å². The van der Waals surface area contributed by atoms with Crippen LogP contribution in [-0.2, 0) is 4.79 Å². The van der Waals surface area contributed by atoms with E-state index in [1.54, 1.807) is 7.11 Å². The zero-order chi connectivity index (χ0) is 16.8. The standard InChI is InChI=1S/C19H29N3O2/c1-24-18-4-2-3-17(13-18)22-12-9-16(14-22)21-19(23)6-5-15-7-10-20-11-8-15/h2-4,13,15-16,20H,5-12,14H2,1H3,(H,21,23). The average Bonchev–Trinajstić information content (AvgIpc) is 3.09. The van der Waals surface area contributed by atoms with E-state index in [0.29, 0.717) is 12.3 Å². The lowest BCUT2D eigenvalue weighted by Crippen LogP contribution is -2.37. The van der Waals surface area contributed by atoms with Crippen molar-refractivity contribution in [3.63, 3.8) is 0 Å². The summed E-state index contributed by atoms with van der Waals surface area (Å²) in [4.78, 5) is 14.5. The van der Waals surface area contributed by atoms with Crippen molar-refractivity contribution in [2.24, 2.45) is 5.92 Å². The summed E-state index contributed by atoms with van der Waals surface area (Å²) in [6.45, 7) is 4.06. The van der Waals surface area contributed by atoms with E-state index in [9.17, 15) is 4.79 Å². The van der Waals surface area contributed by atoms with Crippen molar-refractivity contribution in [2.75, 3.05) is 38.2 Å². The van der Waals surface area contributed by atoms with Crippen LogP contribution in [0.25, 0.3) is 0 Å². The van der Waals surface area contributed by atoms with Crippen LogP contribution in [0.1, 0.15) is 32.1 Å². The summed E-state index contributed by atoms with van der Waals surface area (Å²) in [5.74, 6) is 1.81. The van der Waals surface area contributed by atoms with Gasteiger partial charge in [0.05, 0.1) is 7.11 Å². The van der Waals surface area contributed by atoms with Gasteiger partial charge in [-0.25, -0.2) is 0 Å². The molecule has 2 fully saturated rings. The summed E-state index contributed by atoms with van der Waals surface area (Å²) in [5, 5.41) is 6.59. The number of anilines is 1. The topological polar surface area (TPSA) is 53.6 Å². The molecule has 0 aliphatic carbocycles. The van der Waals surface area contributed by atoms with Crippen LogP contribution in [0.4, 0.5) is 5.69 Å². The number of nitrogens with zero attached hydrogens (tertiary/aromatic N) is 1. The lowest BCUT2D eigenvalue weighted by molar-refractivity contribution is -0.122. The molecule has 3 rings (SSSR count). The SMILES string of the molecule is COc1cccc(N2CCC(NC(=O)CCC3CCNCC3)C2)c1. The van der Waals surface area contributed by atoms with Crippen molar-refractivity contribution in [3.8, 4) is 5.75 Å². The maximum atomic E-state index is 12.2. The Balaban J connectivity index is 1.42. The molecule has 2 aliphatic heterocycles. The Morgan fingerprint density at radius 1 is 1.33 bits per heavy atom. The molecule has 1 unspecified atom stereocenters. The zero-order valence-electron chi connectivity index (χ0n) is 14.6. The monoisotopic (exact) mass is 331 g/mol. The van der Waals surface area contributed by atoms with E-state index in [0.717, 1.165) is 44.8 Å². The van der Waals surface area contributed by atoms with Crippen LogP contribution in [0.5, 0.6) is 5.75 Å². The van der Waals surface area contributed by atoms with Crippen LogP contribution in [0.15, 0.2) is 24.3 Å². The number of amides is 1. The smallest absolute Gasteiger partial charge is 0.220 e. The first kappa shape index (κ1) is 17.1. The molecular formula is C19H29N3O2. The second-order valence-corrected chi connectivity index (χ2v) is 6.93. The maximum Gasteiger partial charge on any atom is 0.220 e. The molecule has 2 saturated heterocycles. The van der Waals surface area contributed by atoms with Crippen LogP contribution >= 0.6 is 0 Å². The molecule has 132 valence electrons. The van der Waals surface area contributed by atoms with Crippen molar-refractivity contribution < 1.29 is 9.53 Å². The molecule has 2 aliphatic rings. The minimum absolute atomic E-state index is 0.214. The summed E-state index contributed by atoms with van der Waals surface area (Å²) in [7, 11) is 1.69. The van der Waals surface area contributed by atoms with Crippen LogP contribution in [0, 0.1) is 5.92 Å². The summed E-state index contributed by atoms with van der Waals surface area (Å²) in [5.41, 5.74) is 1.17. The van der Waals surface area contributed by atoms with E-state index in [1.165, 1.54) is 18.5 Å². The summed E-state index contributed by atoms with van der Waals surface area (Å²) >= 11 is 0. The second kappa shape index (κ2) is 8.38. The number of ether oxygens (including phenoxy) is 1. The quantitative estimate of drug-likeness (QED) is 0.839. The van der Waals surface area contributed by atoms with Crippen molar-refractivity contribution in [1.82, 2.24) is 10.6 Å². The number of benzene rings is 1. The molecule has 0 spiro atoms. The van der Waals surface area contributed by atoms with Gasteiger partial charge in [0.1, 0.15) is 5.75 Å². The number of carbonyl (C=O) groups is 1. The van der Waals surface area contributed by atoms with Gasteiger partial charge in [0.25, 0.3) is 0 Å². The first-order valence-electron chi connectivity index (χ1n) is 9.13. The zero-order valence-corrected chi connectivity index (χ0v) is 14.6. The normalized spacial score (nSPS) is 21.7. The minimum Gasteiger partial charge on any atom is -0.497 e. The average molecular weight is 331 g/mol. The number of methoxy groups -OCH3 is 1. The summed E-state index contributed by atoms with van der Waals surface area (Å²) < 4.78 is 5.29. The molecule has 24 heavy (non-hydrogen) atoms. The van der Waals surface area contributed by atoms with Gasteiger partial charge in [0.2, 0.25) is 5.91 Å². The molecule has 5 nitrogen and oxygen atoms in total. The predicted octanol–water partition coefficient (Wildman–Crippen LogP) is 2.17. The summed E-state index contributed by atoms with van der Waals surface area (Å²) in [6, 6.07) is 8.39. The number of rotatable bonds is 6. The molecule has 2 heterocycles. The van der Waals surface area contributed by atoms with Gasteiger partial charge in [-0.3, -0.25) is 4.79 Å². The molecule has 5 heteroatoms. The molecule has 0 bridgehead atoms. The van der Waals surface area contributed by atoms with Crippen LogP contribution in [0.2, 0.25) is 0 Å². The highest BCUT2D eigenvalue weighted by Crippen LogP contribution is 2.24. The third-order valence-corrected chi connectivity index (χ3v) is 5.21. The summed E-state index contributed by atoms with van der Waals surface area (Å²) in [6.07, 6.45) is 5.12. The van der Waals surface area contributed by atoms with Gasteiger partial charge in [-0.1, -0.05) is 6.07 Å². The number of hydrogen-bond acceptors (Lipinski definition) is 4. The van der Waals surface area contributed by atoms with Gasteiger partial charge in [0, 0.05) is 37.3 Å². The van der Waals surface area contributed by atoms with E-state index in [2.05, 4.69) is 27.7 Å². The van der Waals surface area contributed by atoms with Gasteiger partial charge < -0.3 is 20.3 Å². The molecule has 2 N–H and O–H groups in total. The van der Waals surface area contributed by atoms with Crippen molar-refractivity contribution in [1.29, 1.82) is 0 Å². The minimum atomic E-state index is 0.214. The van der Waals surface area contributed by atoms with Gasteiger partial charge in [-0.15, -0.1) is 0 Å². The van der Waals surface area contributed by atoms with Gasteiger partial charge >= 0.3 is 0 Å². The first-order valence-corrected chi connectivity index (χ1v) is 9.13. The fraction of sp³-hybridized carbons (Fsp3) is 0.632. The largest absolute Gasteiger partial charge is 0.497 e. The van der Waals surface area contributed by atoms with Gasteiger partial charge in [0.15, 0.2) is 0 Å². The van der Waals surface area contributed by atoms with Crippen molar-refractivity contribution >= 4 is 11.6 Å². The lowest BCUT2D eigenvalue weighted by Gasteiger charge is -2.22. The van der Waals surface area contributed by atoms with Gasteiger partial charge in [-0.05, 0) is 56.8 Å². The molecular weight excluding hydrogens is 302 g/mol.